The van der Waals surface area contributed by atoms with E-state index in [0.29, 0.717) is 25.9 Å². The van der Waals surface area contributed by atoms with Crippen molar-refractivity contribution in [1.82, 2.24) is 10.2 Å². The van der Waals surface area contributed by atoms with Crippen molar-refractivity contribution < 1.29 is 14.7 Å². The average Bonchev–Trinajstić information content (AvgIpc) is 3.13. The zero-order chi connectivity index (χ0) is 14.1. The standard InChI is InChI=1S/C14H24N2O3/c1-3-4-13(10-17)7-8-16(9-13)12(19)14(5-6-14)11(18)15-2/h17H,3-10H2,1-2H3,(H,15,18). The first-order valence-electron chi connectivity index (χ1n) is 7.16. The second kappa shape index (κ2) is 5.12. The SMILES string of the molecule is CCCC1(CO)CCN(C(=O)C2(C(=O)NC)CC2)C1. The van der Waals surface area contributed by atoms with E-state index >= 15 is 0 Å². The zero-order valence-corrected chi connectivity index (χ0v) is 11.9. The van der Waals surface area contributed by atoms with Crippen molar-refractivity contribution in [2.24, 2.45) is 10.8 Å². The Morgan fingerprint density at radius 2 is 2.00 bits per heavy atom. The summed E-state index contributed by atoms with van der Waals surface area (Å²) in [4.78, 5) is 26.1. The van der Waals surface area contributed by atoms with Gasteiger partial charge >= 0.3 is 0 Å². The van der Waals surface area contributed by atoms with Crippen molar-refractivity contribution in [2.45, 2.75) is 39.0 Å². The molecule has 2 aliphatic rings. The van der Waals surface area contributed by atoms with Crippen LogP contribution < -0.4 is 5.32 Å². The largest absolute Gasteiger partial charge is 0.396 e. The number of hydrogen-bond acceptors (Lipinski definition) is 3. The molecule has 1 heterocycles. The minimum atomic E-state index is -0.799. The number of hydrogen-bond donors (Lipinski definition) is 2. The van der Waals surface area contributed by atoms with Crippen LogP contribution in [0.4, 0.5) is 0 Å². The molecule has 0 aromatic heterocycles. The van der Waals surface area contributed by atoms with E-state index in [-0.39, 0.29) is 23.8 Å². The predicted octanol–water partition coefficient (Wildman–Crippen LogP) is 0.524. The number of carbonyl (C=O) groups is 2. The Morgan fingerprint density at radius 3 is 2.47 bits per heavy atom. The molecule has 1 unspecified atom stereocenters. The molecule has 2 fully saturated rings. The number of likely N-dealkylation sites (tertiary alicyclic amines) is 1. The van der Waals surface area contributed by atoms with Gasteiger partial charge in [0.2, 0.25) is 11.8 Å². The highest BCUT2D eigenvalue weighted by Crippen LogP contribution is 2.49. The van der Waals surface area contributed by atoms with Crippen LogP contribution in [0, 0.1) is 10.8 Å². The minimum Gasteiger partial charge on any atom is -0.396 e. The van der Waals surface area contributed by atoms with Crippen LogP contribution in [-0.4, -0.2) is 48.6 Å². The summed E-state index contributed by atoms with van der Waals surface area (Å²) in [6, 6.07) is 0. The molecule has 1 atom stereocenters. The van der Waals surface area contributed by atoms with Gasteiger partial charge in [-0.15, -0.1) is 0 Å². The van der Waals surface area contributed by atoms with Crippen molar-refractivity contribution in [1.29, 1.82) is 0 Å². The van der Waals surface area contributed by atoms with Crippen molar-refractivity contribution in [3.05, 3.63) is 0 Å². The molecule has 2 amide bonds. The number of aliphatic hydroxyl groups excluding tert-OH is 1. The highest BCUT2D eigenvalue weighted by molar-refractivity contribution is 6.07. The van der Waals surface area contributed by atoms with E-state index in [1.54, 1.807) is 11.9 Å². The third-order valence-electron chi connectivity index (χ3n) is 4.66. The number of rotatable bonds is 5. The van der Waals surface area contributed by atoms with Gasteiger partial charge in [-0.2, -0.15) is 0 Å². The Kier molecular flexibility index (Phi) is 3.85. The van der Waals surface area contributed by atoms with Gasteiger partial charge in [0.25, 0.3) is 0 Å². The van der Waals surface area contributed by atoms with E-state index in [2.05, 4.69) is 12.2 Å². The van der Waals surface area contributed by atoms with Gasteiger partial charge in [0.1, 0.15) is 5.41 Å². The van der Waals surface area contributed by atoms with Crippen LogP contribution in [0.15, 0.2) is 0 Å². The molecule has 2 rings (SSSR count). The van der Waals surface area contributed by atoms with Crippen molar-refractivity contribution >= 4 is 11.8 Å². The van der Waals surface area contributed by atoms with Crippen molar-refractivity contribution in [3.63, 3.8) is 0 Å². The lowest BCUT2D eigenvalue weighted by Gasteiger charge is -2.28. The number of aliphatic hydroxyl groups is 1. The van der Waals surface area contributed by atoms with Gasteiger partial charge in [-0.05, 0) is 25.7 Å². The van der Waals surface area contributed by atoms with Gasteiger partial charge < -0.3 is 15.3 Å². The molecule has 1 saturated heterocycles. The molecule has 1 saturated carbocycles. The van der Waals surface area contributed by atoms with Gasteiger partial charge in [0, 0.05) is 25.6 Å². The molecular weight excluding hydrogens is 244 g/mol. The summed E-state index contributed by atoms with van der Waals surface area (Å²) >= 11 is 0. The first-order chi connectivity index (χ1) is 9.03. The number of amides is 2. The quantitative estimate of drug-likeness (QED) is 0.714. The molecule has 1 aliphatic carbocycles. The number of carbonyl (C=O) groups excluding carboxylic acids is 2. The lowest BCUT2D eigenvalue weighted by Crippen LogP contribution is -2.44. The molecule has 0 spiro atoms. The Balaban J connectivity index is 2.05. The summed E-state index contributed by atoms with van der Waals surface area (Å²) in [6.45, 7) is 3.47. The van der Waals surface area contributed by atoms with Crippen LogP contribution in [0.2, 0.25) is 0 Å². The lowest BCUT2D eigenvalue weighted by atomic mass is 9.83. The molecule has 0 aromatic carbocycles. The molecule has 19 heavy (non-hydrogen) atoms. The molecule has 0 radical (unpaired) electrons. The van der Waals surface area contributed by atoms with E-state index < -0.39 is 5.41 Å². The van der Waals surface area contributed by atoms with Gasteiger partial charge in [-0.3, -0.25) is 9.59 Å². The maximum Gasteiger partial charge on any atom is 0.238 e. The Hall–Kier alpha value is -1.10. The fraction of sp³-hybridized carbons (Fsp3) is 0.857. The van der Waals surface area contributed by atoms with E-state index in [4.69, 9.17) is 0 Å². The predicted molar refractivity (Wildman–Crippen MR) is 71.4 cm³/mol. The van der Waals surface area contributed by atoms with Crippen LogP contribution >= 0.6 is 0 Å². The third kappa shape index (κ3) is 2.36. The summed E-state index contributed by atoms with van der Waals surface area (Å²) in [5.74, 6) is -0.201. The van der Waals surface area contributed by atoms with Crippen molar-refractivity contribution in [3.8, 4) is 0 Å². The first kappa shape index (κ1) is 14.3. The van der Waals surface area contributed by atoms with Gasteiger partial charge in [-0.25, -0.2) is 0 Å². The maximum atomic E-state index is 12.5. The molecular formula is C14H24N2O3. The van der Waals surface area contributed by atoms with Crippen LogP contribution in [-0.2, 0) is 9.59 Å². The fourth-order valence-corrected chi connectivity index (χ4v) is 3.26. The van der Waals surface area contributed by atoms with Gasteiger partial charge in [0.15, 0.2) is 0 Å². The highest BCUT2D eigenvalue weighted by Gasteiger charge is 2.58. The Labute approximate surface area is 114 Å². The maximum absolute atomic E-state index is 12.5. The molecule has 108 valence electrons. The molecule has 0 aromatic rings. The highest BCUT2D eigenvalue weighted by atomic mass is 16.3. The van der Waals surface area contributed by atoms with Crippen molar-refractivity contribution in [2.75, 3.05) is 26.7 Å². The Bertz CT molecular complexity index is 379. The minimum absolute atomic E-state index is 0.0433. The molecule has 2 N–H and O–H groups in total. The van der Waals surface area contributed by atoms with E-state index in [1.165, 1.54) is 0 Å². The topological polar surface area (TPSA) is 69.6 Å². The monoisotopic (exact) mass is 268 g/mol. The molecule has 0 bridgehead atoms. The smallest absolute Gasteiger partial charge is 0.238 e. The van der Waals surface area contributed by atoms with Gasteiger partial charge in [-0.1, -0.05) is 13.3 Å². The number of nitrogens with one attached hydrogen (secondary N) is 1. The second-order valence-electron chi connectivity index (χ2n) is 6.05. The Morgan fingerprint density at radius 1 is 1.32 bits per heavy atom. The average molecular weight is 268 g/mol. The van der Waals surface area contributed by atoms with E-state index in [0.717, 1.165) is 19.3 Å². The first-order valence-corrected chi connectivity index (χ1v) is 7.16. The normalized spacial score (nSPS) is 28.3. The summed E-state index contributed by atoms with van der Waals surface area (Å²) in [5, 5.41) is 12.2. The van der Waals surface area contributed by atoms with E-state index in [1.807, 2.05) is 0 Å². The van der Waals surface area contributed by atoms with Gasteiger partial charge in [0.05, 0.1) is 6.61 Å². The van der Waals surface area contributed by atoms with Crippen LogP contribution in [0.25, 0.3) is 0 Å². The van der Waals surface area contributed by atoms with E-state index in [9.17, 15) is 14.7 Å². The molecule has 5 nitrogen and oxygen atoms in total. The number of nitrogens with zero attached hydrogens (tertiary/aromatic N) is 1. The summed E-state index contributed by atoms with van der Waals surface area (Å²) in [6.07, 6.45) is 4.08. The summed E-state index contributed by atoms with van der Waals surface area (Å²) < 4.78 is 0. The fourth-order valence-electron chi connectivity index (χ4n) is 3.26. The summed E-state index contributed by atoms with van der Waals surface area (Å²) in [7, 11) is 1.58. The lowest BCUT2D eigenvalue weighted by molar-refractivity contribution is -0.143. The molecule has 1 aliphatic heterocycles. The van der Waals surface area contributed by atoms with Crippen LogP contribution in [0.5, 0.6) is 0 Å². The van der Waals surface area contributed by atoms with Crippen LogP contribution in [0.3, 0.4) is 0 Å². The zero-order valence-electron chi connectivity index (χ0n) is 11.9. The van der Waals surface area contributed by atoms with Crippen LogP contribution in [0.1, 0.15) is 39.0 Å². The third-order valence-corrected chi connectivity index (χ3v) is 4.66. The molecule has 5 heteroatoms. The second-order valence-corrected chi connectivity index (χ2v) is 6.05. The summed E-state index contributed by atoms with van der Waals surface area (Å²) in [5.41, 5.74) is -0.949.